The lowest BCUT2D eigenvalue weighted by Crippen LogP contribution is -2.20. The Labute approximate surface area is 102 Å². The third-order valence-electron chi connectivity index (χ3n) is 2.86. The number of hydrogen-bond acceptors (Lipinski definition) is 2. The van der Waals surface area contributed by atoms with Crippen LogP contribution >= 0.6 is 0 Å². The summed E-state index contributed by atoms with van der Waals surface area (Å²) in [6.07, 6.45) is 3.96. The van der Waals surface area contributed by atoms with Crippen LogP contribution in [0.4, 0.5) is 0 Å². The van der Waals surface area contributed by atoms with Gasteiger partial charge in [0, 0.05) is 19.3 Å². The van der Waals surface area contributed by atoms with Gasteiger partial charge < -0.3 is 5.32 Å². The first-order valence-corrected chi connectivity index (χ1v) is 6.00. The largest absolute Gasteiger partial charge is 0.311 e. The fraction of sp³-hybridized carbons (Fsp3) is 0.357. The van der Waals surface area contributed by atoms with Crippen LogP contribution in [0.2, 0.25) is 0 Å². The average molecular weight is 229 g/mol. The van der Waals surface area contributed by atoms with Crippen LogP contribution in [0.5, 0.6) is 0 Å². The summed E-state index contributed by atoms with van der Waals surface area (Å²) < 4.78 is 1.97. The third-order valence-corrected chi connectivity index (χ3v) is 2.86. The minimum atomic E-state index is 0.916. The van der Waals surface area contributed by atoms with Crippen molar-refractivity contribution in [3.8, 4) is 0 Å². The number of rotatable bonds is 5. The fourth-order valence-electron chi connectivity index (χ4n) is 1.81. The second-order valence-electron chi connectivity index (χ2n) is 4.38. The molecule has 1 N–H and O–H groups in total. The van der Waals surface area contributed by atoms with Crippen LogP contribution < -0.4 is 5.32 Å². The van der Waals surface area contributed by atoms with E-state index in [1.165, 1.54) is 16.7 Å². The Hall–Kier alpha value is -1.61. The quantitative estimate of drug-likeness (QED) is 0.797. The van der Waals surface area contributed by atoms with Crippen molar-refractivity contribution < 1.29 is 0 Å². The highest BCUT2D eigenvalue weighted by Crippen LogP contribution is 2.05. The minimum absolute atomic E-state index is 0.916. The topological polar surface area (TPSA) is 29.9 Å². The molecule has 90 valence electrons. The zero-order valence-electron chi connectivity index (χ0n) is 10.5. The maximum atomic E-state index is 4.25. The summed E-state index contributed by atoms with van der Waals surface area (Å²) in [4.78, 5) is 0. The fourth-order valence-corrected chi connectivity index (χ4v) is 1.81. The van der Waals surface area contributed by atoms with Crippen molar-refractivity contribution in [1.82, 2.24) is 15.1 Å². The van der Waals surface area contributed by atoms with Crippen molar-refractivity contribution in [3.63, 3.8) is 0 Å². The molecule has 3 nitrogen and oxygen atoms in total. The molecule has 0 aliphatic rings. The number of hydrogen-bond donors (Lipinski definition) is 1. The molecule has 3 heteroatoms. The van der Waals surface area contributed by atoms with E-state index in [-0.39, 0.29) is 0 Å². The monoisotopic (exact) mass is 229 g/mol. The van der Waals surface area contributed by atoms with Gasteiger partial charge in [0.1, 0.15) is 0 Å². The minimum Gasteiger partial charge on any atom is -0.311 e. The summed E-state index contributed by atoms with van der Waals surface area (Å²) in [5.74, 6) is 0. The maximum absolute atomic E-state index is 4.25. The molecule has 1 aromatic carbocycles. The Bertz CT molecular complexity index is 474. The van der Waals surface area contributed by atoms with Crippen molar-refractivity contribution in [2.24, 2.45) is 0 Å². The van der Waals surface area contributed by atoms with Gasteiger partial charge in [0.05, 0.1) is 12.7 Å². The molecule has 0 amide bonds. The number of benzene rings is 1. The van der Waals surface area contributed by atoms with E-state index in [0.29, 0.717) is 0 Å². The van der Waals surface area contributed by atoms with Crippen molar-refractivity contribution >= 4 is 0 Å². The number of aromatic nitrogens is 2. The van der Waals surface area contributed by atoms with Gasteiger partial charge in [-0.1, -0.05) is 24.3 Å². The van der Waals surface area contributed by atoms with Gasteiger partial charge in [-0.3, -0.25) is 4.68 Å². The first-order valence-electron chi connectivity index (χ1n) is 6.00. The standard InChI is InChI=1S/C14H19N3/c1-12-9-16-17(11-12)8-7-15-10-14-6-4-3-5-13(14)2/h3-6,9,11,15H,7-8,10H2,1-2H3. The summed E-state index contributed by atoms with van der Waals surface area (Å²) in [6, 6.07) is 8.47. The number of aryl methyl sites for hydroxylation is 2. The van der Waals surface area contributed by atoms with E-state index < -0.39 is 0 Å². The summed E-state index contributed by atoms with van der Waals surface area (Å²) in [5.41, 5.74) is 3.92. The van der Waals surface area contributed by atoms with Crippen molar-refractivity contribution in [2.45, 2.75) is 26.9 Å². The number of nitrogens with one attached hydrogen (secondary N) is 1. The summed E-state index contributed by atoms with van der Waals surface area (Å²) in [5, 5.41) is 7.69. The zero-order chi connectivity index (χ0) is 12.1. The van der Waals surface area contributed by atoms with E-state index in [1.54, 1.807) is 0 Å². The van der Waals surface area contributed by atoms with Crippen LogP contribution in [0, 0.1) is 13.8 Å². The molecule has 1 aromatic heterocycles. The summed E-state index contributed by atoms with van der Waals surface area (Å²) >= 11 is 0. The normalized spacial score (nSPS) is 10.7. The lowest BCUT2D eigenvalue weighted by atomic mass is 10.1. The summed E-state index contributed by atoms with van der Waals surface area (Å²) in [7, 11) is 0. The number of nitrogens with zero attached hydrogens (tertiary/aromatic N) is 2. The van der Waals surface area contributed by atoms with Crippen molar-refractivity contribution in [3.05, 3.63) is 53.3 Å². The Balaban J connectivity index is 1.75. The predicted molar refractivity (Wildman–Crippen MR) is 69.8 cm³/mol. The lowest BCUT2D eigenvalue weighted by Gasteiger charge is -2.07. The smallest absolute Gasteiger partial charge is 0.0534 e. The molecular weight excluding hydrogens is 210 g/mol. The van der Waals surface area contributed by atoms with E-state index in [4.69, 9.17) is 0 Å². The van der Waals surface area contributed by atoms with E-state index in [1.807, 2.05) is 10.9 Å². The predicted octanol–water partition coefficient (Wildman–Crippen LogP) is 2.29. The molecular formula is C14H19N3. The Kier molecular flexibility index (Phi) is 3.94. The molecule has 0 unspecified atom stereocenters. The molecule has 1 heterocycles. The van der Waals surface area contributed by atoms with E-state index >= 15 is 0 Å². The van der Waals surface area contributed by atoms with Crippen molar-refractivity contribution in [1.29, 1.82) is 0 Å². The van der Waals surface area contributed by atoms with Gasteiger partial charge >= 0.3 is 0 Å². The molecule has 0 atom stereocenters. The van der Waals surface area contributed by atoms with Crippen molar-refractivity contribution in [2.75, 3.05) is 6.54 Å². The van der Waals surface area contributed by atoms with E-state index in [2.05, 4.69) is 54.7 Å². The Morgan fingerprint density at radius 3 is 2.76 bits per heavy atom. The van der Waals surface area contributed by atoms with Crippen LogP contribution in [0.3, 0.4) is 0 Å². The van der Waals surface area contributed by atoms with Gasteiger partial charge in [-0.05, 0) is 30.5 Å². The molecule has 0 radical (unpaired) electrons. The Morgan fingerprint density at radius 1 is 1.24 bits per heavy atom. The average Bonchev–Trinajstić information content (AvgIpc) is 2.73. The summed E-state index contributed by atoms with van der Waals surface area (Å²) in [6.45, 7) is 6.99. The molecule has 2 aromatic rings. The Morgan fingerprint density at radius 2 is 2.06 bits per heavy atom. The molecule has 0 saturated heterocycles. The van der Waals surface area contributed by atoms with Gasteiger partial charge in [-0.2, -0.15) is 5.10 Å². The first kappa shape index (κ1) is 11.9. The highest BCUT2D eigenvalue weighted by Gasteiger charge is 1.97. The van der Waals surface area contributed by atoms with Gasteiger partial charge in [-0.15, -0.1) is 0 Å². The second kappa shape index (κ2) is 5.64. The van der Waals surface area contributed by atoms with E-state index in [9.17, 15) is 0 Å². The van der Waals surface area contributed by atoms with E-state index in [0.717, 1.165) is 19.6 Å². The first-order chi connectivity index (χ1) is 8.25. The van der Waals surface area contributed by atoms with Crippen LogP contribution in [-0.2, 0) is 13.1 Å². The molecule has 0 aliphatic carbocycles. The van der Waals surface area contributed by atoms with Gasteiger partial charge in [0.2, 0.25) is 0 Å². The van der Waals surface area contributed by atoms with Crippen LogP contribution in [0.1, 0.15) is 16.7 Å². The van der Waals surface area contributed by atoms with Crippen LogP contribution in [0.15, 0.2) is 36.7 Å². The third kappa shape index (κ3) is 3.43. The molecule has 2 rings (SSSR count). The maximum Gasteiger partial charge on any atom is 0.0534 e. The lowest BCUT2D eigenvalue weighted by molar-refractivity contribution is 0.554. The van der Waals surface area contributed by atoms with Gasteiger partial charge in [0.25, 0.3) is 0 Å². The highest BCUT2D eigenvalue weighted by molar-refractivity contribution is 5.25. The molecule has 17 heavy (non-hydrogen) atoms. The van der Waals surface area contributed by atoms with Crippen LogP contribution in [0.25, 0.3) is 0 Å². The van der Waals surface area contributed by atoms with Gasteiger partial charge in [-0.25, -0.2) is 0 Å². The molecule has 0 spiro atoms. The molecule has 0 bridgehead atoms. The highest BCUT2D eigenvalue weighted by atomic mass is 15.3. The molecule has 0 fully saturated rings. The molecule has 0 saturated carbocycles. The molecule has 0 aliphatic heterocycles. The second-order valence-corrected chi connectivity index (χ2v) is 4.38. The van der Waals surface area contributed by atoms with Crippen LogP contribution in [-0.4, -0.2) is 16.3 Å². The van der Waals surface area contributed by atoms with Gasteiger partial charge in [0.15, 0.2) is 0 Å². The SMILES string of the molecule is Cc1cnn(CCNCc2ccccc2C)c1. The zero-order valence-corrected chi connectivity index (χ0v) is 10.5.